The fourth-order valence-electron chi connectivity index (χ4n) is 1.98. The number of fused-ring (bicyclic) bond motifs is 1. The average molecular weight is 233 g/mol. The second kappa shape index (κ2) is 3.80. The number of carboxylic acid groups (broad SMARTS) is 1. The van der Waals surface area contributed by atoms with Gasteiger partial charge in [-0.2, -0.15) is 0 Å². The lowest BCUT2D eigenvalue weighted by atomic mass is 9.99. The van der Waals surface area contributed by atoms with Crippen LogP contribution in [-0.2, 0) is 0 Å². The molecule has 2 rings (SSSR count). The lowest BCUT2D eigenvalue weighted by Gasteiger charge is -2.10. The molecule has 2 aromatic rings. The molecule has 1 aromatic heterocycles. The molecule has 0 radical (unpaired) electrons. The summed E-state index contributed by atoms with van der Waals surface area (Å²) in [6.45, 7) is 5.16. The van der Waals surface area contributed by atoms with Gasteiger partial charge in [0.15, 0.2) is 0 Å². The van der Waals surface area contributed by atoms with E-state index >= 15 is 0 Å². The maximum absolute atomic E-state index is 13.4. The number of pyridine rings is 1. The molecule has 1 aromatic carbocycles. The van der Waals surface area contributed by atoms with E-state index < -0.39 is 11.8 Å². The Balaban J connectivity index is 3.03. The Kier molecular flexibility index (Phi) is 2.58. The topological polar surface area (TPSA) is 50.2 Å². The molecule has 17 heavy (non-hydrogen) atoms. The van der Waals surface area contributed by atoms with Gasteiger partial charge in [0.05, 0.1) is 11.1 Å². The van der Waals surface area contributed by atoms with Crippen molar-refractivity contribution in [1.82, 2.24) is 4.98 Å². The highest BCUT2D eigenvalue weighted by Gasteiger charge is 2.17. The van der Waals surface area contributed by atoms with Crippen LogP contribution in [0.2, 0.25) is 0 Å². The summed E-state index contributed by atoms with van der Waals surface area (Å²) >= 11 is 0. The van der Waals surface area contributed by atoms with Crippen molar-refractivity contribution in [1.29, 1.82) is 0 Å². The Morgan fingerprint density at radius 3 is 2.53 bits per heavy atom. The third-order valence-electron chi connectivity index (χ3n) is 2.95. The lowest BCUT2D eigenvalue weighted by molar-refractivity contribution is 0.0698. The summed E-state index contributed by atoms with van der Waals surface area (Å²) in [5.74, 6) is -1.49. The number of hydrogen-bond acceptors (Lipinski definition) is 2. The molecule has 0 fully saturated rings. The largest absolute Gasteiger partial charge is 0.478 e. The van der Waals surface area contributed by atoms with Crippen LogP contribution in [0.15, 0.2) is 12.1 Å². The maximum Gasteiger partial charge on any atom is 0.336 e. The van der Waals surface area contributed by atoms with Crippen LogP contribution in [0.1, 0.15) is 27.2 Å². The van der Waals surface area contributed by atoms with Crippen molar-refractivity contribution < 1.29 is 14.3 Å². The highest BCUT2D eigenvalue weighted by molar-refractivity contribution is 6.04. The highest BCUT2D eigenvalue weighted by Crippen LogP contribution is 2.26. The van der Waals surface area contributed by atoms with E-state index in [0.717, 1.165) is 0 Å². The summed E-state index contributed by atoms with van der Waals surface area (Å²) in [5.41, 5.74) is 2.56. The number of benzene rings is 1. The van der Waals surface area contributed by atoms with Crippen LogP contribution in [0.4, 0.5) is 4.39 Å². The third-order valence-corrected chi connectivity index (χ3v) is 2.95. The zero-order valence-electron chi connectivity index (χ0n) is 9.84. The summed E-state index contributed by atoms with van der Waals surface area (Å²) in [4.78, 5) is 15.6. The summed E-state index contributed by atoms with van der Waals surface area (Å²) in [6.07, 6.45) is 0. The van der Waals surface area contributed by atoms with Gasteiger partial charge in [0.1, 0.15) is 5.82 Å². The number of rotatable bonds is 1. The van der Waals surface area contributed by atoms with Crippen LogP contribution in [0.3, 0.4) is 0 Å². The first-order valence-corrected chi connectivity index (χ1v) is 5.22. The van der Waals surface area contributed by atoms with Crippen LogP contribution in [-0.4, -0.2) is 16.1 Å². The van der Waals surface area contributed by atoms with Gasteiger partial charge in [-0.3, -0.25) is 4.98 Å². The number of halogens is 1. The molecule has 88 valence electrons. The summed E-state index contributed by atoms with van der Waals surface area (Å²) in [7, 11) is 0. The van der Waals surface area contributed by atoms with Crippen LogP contribution in [0.25, 0.3) is 10.9 Å². The van der Waals surface area contributed by atoms with E-state index in [1.54, 1.807) is 20.8 Å². The van der Waals surface area contributed by atoms with Gasteiger partial charge in [0, 0.05) is 11.1 Å². The van der Waals surface area contributed by atoms with Crippen molar-refractivity contribution in [3.63, 3.8) is 0 Å². The quantitative estimate of drug-likeness (QED) is 0.823. The van der Waals surface area contributed by atoms with Gasteiger partial charge in [0.2, 0.25) is 0 Å². The molecule has 3 nitrogen and oxygen atoms in total. The number of hydrogen-bond donors (Lipinski definition) is 1. The molecule has 0 saturated carbocycles. The standard InChI is InChI=1S/C13H12FNO2/c1-6-4-9(14)5-10-11(13(16)17)7(2)8(3)15-12(6)10/h4-5H,1-3H3,(H,16,17). The first kappa shape index (κ1) is 11.5. The van der Waals surface area contributed by atoms with Gasteiger partial charge in [-0.15, -0.1) is 0 Å². The number of aromatic nitrogens is 1. The van der Waals surface area contributed by atoms with Crippen molar-refractivity contribution in [2.45, 2.75) is 20.8 Å². The molecule has 0 bridgehead atoms. The summed E-state index contributed by atoms with van der Waals surface area (Å²) in [5, 5.41) is 9.58. The van der Waals surface area contributed by atoms with Crippen molar-refractivity contribution in [2.75, 3.05) is 0 Å². The molecule has 0 aliphatic carbocycles. The van der Waals surface area contributed by atoms with Gasteiger partial charge in [-0.05, 0) is 44.0 Å². The molecular weight excluding hydrogens is 221 g/mol. The Morgan fingerprint density at radius 2 is 1.94 bits per heavy atom. The smallest absolute Gasteiger partial charge is 0.336 e. The fraction of sp³-hybridized carbons (Fsp3) is 0.231. The van der Waals surface area contributed by atoms with Crippen molar-refractivity contribution in [3.8, 4) is 0 Å². The molecule has 1 N–H and O–H groups in total. The van der Waals surface area contributed by atoms with Gasteiger partial charge >= 0.3 is 5.97 Å². The van der Waals surface area contributed by atoms with E-state index in [9.17, 15) is 14.3 Å². The van der Waals surface area contributed by atoms with Gasteiger partial charge in [-0.25, -0.2) is 9.18 Å². The highest BCUT2D eigenvalue weighted by atomic mass is 19.1. The van der Waals surface area contributed by atoms with E-state index in [-0.39, 0.29) is 5.56 Å². The van der Waals surface area contributed by atoms with E-state index in [1.807, 2.05) is 0 Å². The number of carbonyl (C=O) groups is 1. The molecule has 0 aliphatic heterocycles. The molecule has 0 aliphatic rings. The number of aryl methyl sites for hydroxylation is 2. The van der Waals surface area contributed by atoms with E-state index in [4.69, 9.17) is 0 Å². The molecule has 0 amide bonds. The lowest BCUT2D eigenvalue weighted by Crippen LogP contribution is -2.05. The first-order valence-electron chi connectivity index (χ1n) is 5.22. The number of aromatic carboxylic acids is 1. The molecular formula is C13H12FNO2. The third kappa shape index (κ3) is 1.75. The molecule has 0 saturated heterocycles. The average Bonchev–Trinajstić information content (AvgIpc) is 2.20. The van der Waals surface area contributed by atoms with Crippen molar-refractivity contribution in [3.05, 3.63) is 40.3 Å². The van der Waals surface area contributed by atoms with Crippen LogP contribution >= 0.6 is 0 Å². The Bertz CT molecular complexity index is 635. The monoisotopic (exact) mass is 233 g/mol. The minimum absolute atomic E-state index is 0.134. The van der Waals surface area contributed by atoms with Crippen molar-refractivity contribution in [2.24, 2.45) is 0 Å². The molecule has 0 atom stereocenters. The normalized spacial score (nSPS) is 10.8. The summed E-state index contributed by atoms with van der Waals surface area (Å²) in [6, 6.07) is 2.58. The predicted octanol–water partition coefficient (Wildman–Crippen LogP) is 3.00. The number of carboxylic acids is 1. The zero-order valence-corrected chi connectivity index (χ0v) is 9.84. The van der Waals surface area contributed by atoms with Crippen LogP contribution in [0, 0.1) is 26.6 Å². The minimum Gasteiger partial charge on any atom is -0.478 e. The second-order valence-corrected chi connectivity index (χ2v) is 4.12. The molecule has 0 unspecified atom stereocenters. The Hall–Kier alpha value is -1.97. The van der Waals surface area contributed by atoms with Gasteiger partial charge in [0.25, 0.3) is 0 Å². The van der Waals surface area contributed by atoms with Gasteiger partial charge < -0.3 is 5.11 Å². The molecule has 0 spiro atoms. The SMILES string of the molecule is Cc1nc2c(C)cc(F)cc2c(C(=O)O)c1C. The molecule has 1 heterocycles. The van der Waals surface area contributed by atoms with Crippen LogP contribution < -0.4 is 0 Å². The number of nitrogens with zero attached hydrogens (tertiary/aromatic N) is 1. The summed E-state index contributed by atoms with van der Waals surface area (Å²) < 4.78 is 13.4. The fourth-order valence-corrected chi connectivity index (χ4v) is 1.98. The predicted molar refractivity (Wildman–Crippen MR) is 62.9 cm³/mol. The minimum atomic E-state index is -1.05. The van der Waals surface area contributed by atoms with E-state index in [1.165, 1.54) is 12.1 Å². The van der Waals surface area contributed by atoms with Crippen molar-refractivity contribution >= 4 is 16.9 Å². The maximum atomic E-state index is 13.4. The van der Waals surface area contributed by atoms with Crippen LogP contribution in [0.5, 0.6) is 0 Å². The second-order valence-electron chi connectivity index (χ2n) is 4.12. The van der Waals surface area contributed by atoms with E-state index in [2.05, 4.69) is 4.98 Å². The Morgan fingerprint density at radius 1 is 1.29 bits per heavy atom. The first-order chi connectivity index (χ1) is 7.91. The molecule has 4 heteroatoms. The van der Waals surface area contributed by atoms with Gasteiger partial charge in [-0.1, -0.05) is 0 Å². The Labute approximate surface area is 97.9 Å². The zero-order chi connectivity index (χ0) is 12.7. The van der Waals surface area contributed by atoms with E-state index in [0.29, 0.717) is 27.7 Å².